The van der Waals surface area contributed by atoms with Crippen LogP contribution >= 0.6 is 12.4 Å². The van der Waals surface area contributed by atoms with Crippen LogP contribution in [-0.4, -0.2) is 24.0 Å². The molecule has 3 nitrogen and oxygen atoms in total. The lowest BCUT2D eigenvalue weighted by molar-refractivity contribution is -0.129. The van der Waals surface area contributed by atoms with E-state index in [9.17, 15) is 4.79 Å². The van der Waals surface area contributed by atoms with Gasteiger partial charge in [-0.1, -0.05) is 6.92 Å². The van der Waals surface area contributed by atoms with Crippen molar-refractivity contribution < 1.29 is 4.79 Å². The van der Waals surface area contributed by atoms with E-state index in [1.807, 2.05) is 0 Å². The molecule has 1 saturated heterocycles. The molecule has 2 fully saturated rings. The summed E-state index contributed by atoms with van der Waals surface area (Å²) in [5.41, 5.74) is 0.158. The summed E-state index contributed by atoms with van der Waals surface area (Å²) in [4.78, 5) is 12.2. The molecule has 1 aliphatic carbocycles. The molecule has 1 heterocycles. The van der Waals surface area contributed by atoms with Gasteiger partial charge in [0, 0.05) is 17.5 Å². The Morgan fingerprint density at radius 2 is 2.18 bits per heavy atom. The molecule has 2 aliphatic rings. The molecule has 4 heteroatoms. The van der Waals surface area contributed by atoms with Gasteiger partial charge in [-0.15, -0.1) is 12.4 Å². The number of piperidine rings is 1. The average molecular weight is 261 g/mol. The van der Waals surface area contributed by atoms with Gasteiger partial charge in [-0.25, -0.2) is 0 Å². The number of hydrogen-bond donors (Lipinski definition) is 2. The third-order valence-electron chi connectivity index (χ3n) is 4.37. The van der Waals surface area contributed by atoms with Crippen molar-refractivity contribution in [3.05, 3.63) is 0 Å². The second-order valence-electron chi connectivity index (χ2n) is 5.55. The van der Waals surface area contributed by atoms with Gasteiger partial charge in [0.05, 0.1) is 0 Å². The maximum absolute atomic E-state index is 12.2. The van der Waals surface area contributed by atoms with Crippen molar-refractivity contribution in [2.45, 2.75) is 64.0 Å². The fourth-order valence-corrected chi connectivity index (χ4v) is 2.90. The van der Waals surface area contributed by atoms with E-state index in [2.05, 4.69) is 24.5 Å². The monoisotopic (exact) mass is 260 g/mol. The molecule has 1 saturated carbocycles. The van der Waals surface area contributed by atoms with Gasteiger partial charge in [-0.05, 0) is 52.0 Å². The number of hydrogen-bond acceptors (Lipinski definition) is 2. The third-order valence-corrected chi connectivity index (χ3v) is 4.37. The van der Waals surface area contributed by atoms with Crippen LogP contribution in [0.3, 0.4) is 0 Å². The van der Waals surface area contributed by atoms with Crippen molar-refractivity contribution in [2.24, 2.45) is 5.92 Å². The van der Waals surface area contributed by atoms with Crippen LogP contribution in [0.1, 0.15) is 52.4 Å². The predicted octanol–water partition coefficient (Wildman–Crippen LogP) is 2.25. The van der Waals surface area contributed by atoms with Gasteiger partial charge in [-0.2, -0.15) is 0 Å². The van der Waals surface area contributed by atoms with Crippen molar-refractivity contribution in [2.75, 3.05) is 6.54 Å². The zero-order valence-corrected chi connectivity index (χ0v) is 11.7. The van der Waals surface area contributed by atoms with Crippen LogP contribution in [0, 0.1) is 5.92 Å². The van der Waals surface area contributed by atoms with Gasteiger partial charge in [0.25, 0.3) is 0 Å². The molecule has 100 valence electrons. The topological polar surface area (TPSA) is 41.1 Å². The Morgan fingerprint density at radius 3 is 2.65 bits per heavy atom. The minimum Gasteiger partial charge on any atom is -0.350 e. The molecule has 1 amide bonds. The van der Waals surface area contributed by atoms with Gasteiger partial charge in [-0.3, -0.25) is 4.79 Å². The quantitative estimate of drug-likeness (QED) is 0.817. The highest BCUT2D eigenvalue weighted by Gasteiger charge is 2.38. The second kappa shape index (κ2) is 6.05. The molecule has 0 aromatic heterocycles. The first-order valence-corrected chi connectivity index (χ1v) is 6.70. The summed E-state index contributed by atoms with van der Waals surface area (Å²) in [6, 6.07) is 0.489. The lowest BCUT2D eigenvalue weighted by Crippen LogP contribution is -2.55. The van der Waals surface area contributed by atoms with Crippen LogP contribution in [0.4, 0.5) is 0 Å². The number of nitrogens with one attached hydrogen (secondary N) is 2. The molecule has 0 bridgehead atoms. The summed E-state index contributed by atoms with van der Waals surface area (Å²) in [5.74, 6) is 0.537. The van der Waals surface area contributed by atoms with Crippen LogP contribution < -0.4 is 10.6 Å². The van der Waals surface area contributed by atoms with E-state index < -0.39 is 0 Å². The van der Waals surface area contributed by atoms with Crippen molar-refractivity contribution in [1.29, 1.82) is 0 Å². The first kappa shape index (κ1) is 14.8. The van der Waals surface area contributed by atoms with Crippen molar-refractivity contribution in [3.8, 4) is 0 Å². The molecule has 0 radical (unpaired) electrons. The molecule has 0 unspecified atom stereocenters. The van der Waals surface area contributed by atoms with E-state index in [-0.39, 0.29) is 23.9 Å². The fourth-order valence-electron chi connectivity index (χ4n) is 2.90. The smallest absolute Gasteiger partial charge is 0.223 e. The van der Waals surface area contributed by atoms with E-state index in [0.717, 1.165) is 25.8 Å². The zero-order valence-electron chi connectivity index (χ0n) is 10.9. The molecule has 17 heavy (non-hydrogen) atoms. The Labute approximate surface area is 111 Å². The first-order valence-electron chi connectivity index (χ1n) is 6.70. The van der Waals surface area contributed by atoms with Crippen molar-refractivity contribution >= 4 is 18.3 Å². The Morgan fingerprint density at radius 1 is 1.47 bits per heavy atom. The Hall–Kier alpha value is -0.280. The third kappa shape index (κ3) is 3.35. The van der Waals surface area contributed by atoms with Crippen LogP contribution in [0.2, 0.25) is 0 Å². The molecule has 2 rings (SSSR count). The van der Waals surface area contributed by atoms with Gasteiger partial charge in [0.15, 0.2) is 0 Å². The molecule has 0 aromatic carbocycles. The summed E-state index contributed by atoms with van der Waals surface area (Å²) >= 11 is 0. The number of rotatable bonds is 3. The maximum atomic E-state index is 12.2. The number of carbonyl (C=O) groups is 1. The van der Waals surface area contributed by atoms with Crippen LogP contribution in [-0.2, 0) is 4.79 Å². The Balaban J connectivity index is 0.00000144. The number of halogens is 1. The summed E-state index contributed by atoms with van der Waals surface area (Å²) in [6.45, 7) is 5.33. The van der Waals surface area contributed by atoms with Gasteiger partial charge < -0.3 is 10.6 Å². The Kier molecular flexibility index (Phi) is 5.26. The Bertz CT molecular complexity index is 261. The standard InChI is InChI=1S/C13H24N2O.ClH/c1-3-13(6-4-7-13)15-12(16)11-5-8-14-10(2)9-11;/h10-11,14H,3-9H2,1-2H3,(H,15,16);1H/t10-,11-;/m0./s1. The van der Waals surface area contributed by atoms with E-state index in [4.69, 9.17) is 0 Å². The molecule has 2 atom stereocenters. The molecule has 2 N–H and O–H groups in total. The average Bonchev–Trinajstić information content (AvgIpc) is 2.23. The van der Waals surface area contributed by atoms with Gasteiger partial charge in [0.2, 0.25) is 5.91 Å². The largest absolute Gasteiger partial charge is 0.350 e. The predicted molar refractivity (Wildman–Crippen MR) is 72.5 cm³/mol. The van der Waals surface area contributed by atoms with Crippen molar-refractivity contribution in [3.63, 3.8) is 0 Å². The normalized spacial score (nSPS) is 30.9. The lowest BCUT2D eigenvalue weighted by atomic mass is 9.74. The summed E-state index contributed by atoms with van der Waals surface area (Å²) in [6.07, 6.45) is 6.70. The van der Waals surface area contributed by atoms with E-state index in [1.54, 1.807) is 0 Å². The zero-order chi connectivity index (χ0) is 11.6. The maximum Gasteiger partial charge on any atom is 0.223 e. The molecule has 1 aliphatic heterocycles. The summed E-state index contributed by atoms with van der Waals surface area (Å²) < 4.78 is 0. The summed E-state index contributed by atoms with van der Waals surface area (Å²) in [7, 11) is 0. The number of amides is 1. The van der Waals surface area contributed by atoms with Crippen LogP contribution in [0.5, 0.6) is 0 Å². The molecular formula is C13H25ClN2O. The second-order valence-corrected chi connectivity index (χ2v) is 5.55. The highest BCUT2D eigenvalue weighted by atomic mass is 35.5. The molecule has 0 spiro atoms. The SMILES string of the molecule is CCC1(NC(=O)[C@H]2CCN[C@@H](C)C2)CCC1.Cl. The summed E-state index contributed by atoms with van der Waals surface area (Å²) in [5, 5.41) is 6.69. The molecule has 0 aromatic rings. The van der Waals surface area contributed by atoms with E-state index >= 15 is 0 Å². The van der Waals surface area contributed by atoms with Gasteiger partial charge >= 0.3 is 0 Å². The van der Waals surface area contributed by atoms with E-state index in [1.165, 1.54) is 19.3 Å². The van der Waals surface area contributed by atoms with Gasteiger partial charge in [0.1, 0.15) is 0 Å². The minimum atomic E-state index is 0. The first-order chi connectivity index (χ1) is 7.65. The van der Waals surface area contributed by atoms with Crippen LogP contribution in [0.15, 0.2) is 0 Å². The lowest BCUT2D eigenvalue weighted by Gasteiger charge is -2.43. The highest BCUT2D eigenvalue weighted by molar-refractivity contribution is 5.85. The van der Waals surface area contributed by atoms with Crippen molar-refractivity contribution in [1.82, 2.24) is 10.6 Å². The minimum absolute atomic E-state index is 0. The van der Waals surface area contributed by atoms with Crippen LogP contribution in [0.25, 0.3) is 0 Å². The fraction of sp³-hybridized carbons (Fsp3) is 0.923. The highest BCUT2D eigenvalue weighted by Crippen LogP contribution is 2.35. The van der Waals surface area contributed by atoms with E-state index in [0.29, 0.717) is 11.9 Å². The number of carbonyl (C=O) groups excluding carboxylic acids is 1. The molecular weight excluding hydrogens is 236 g/mol.